The lowest BCUT2D eigenvalue weighted by Gasteiger charge is -2.31. The summed E-state index contributed by atoms with van der Waals surface area (Å²) >= 11 is 0. The lowest BCUT2D eigenvalue weighted by atomic mass is 9.97. The van der Waals surface area contributed by atoms with Gasteiger partial charge in [-0.1, -0.05) is 0 Å². The van der Waals surface area contributed by atoms with Crippen molar-refractivity contribution in [2.45, 2.75) is 12.8 Å². The molecule has 0 spiro atoms. The average molecular weight is 300 g/mol. The van der Waals surface area contributed by atoms with Crippen LogP contribution >= 0.6 is 0 Å². The van der Waals surface area contributed by atoms with Gasteiger partial charge < -0.3 is 10.0 Å². The Kier molecular flexibility index (Phi) is 4.46. The predicted molar refractivity (Wildman–Crippen MR) is 68.7 cm³/mol. The van der Waals surface area contributed by atoms with Crippen molar-refractivity contribution in [3.05, 3.63) is 39.4 Å². The van der Waals surface area contributed by atoms with E-state index in [9.17, 15) is 23.7 Å². The van der Waals surface area contributed by atoms with Crippen LogP contribution in [-0.4, -0.2) is 40.5 Å². The number of hydrogen-bond acceptors (Lipinski definition) is 4. The molecule has 1 amide bonds. The second-order valence-electron chi connectivity index (χ2n) is 4.93. The van der Waals surface area contributed by atoms with Crippen molar-refractivity contribution < 1.29 is 23.6 Å². The van der Waals surface area contributed by atoms with Crippen molar-refractivity contribution in [2.24, 2.45) is 5.92 Å². The molecule has 0 radical (unpaired) electrons. The Morgan fingerprint density at radius 1 is 1.38 bits per heavy atom. The molecular weight excluding hydrogens is 286 g/mol. The fraction of sp³-hybridized carbons (Fsp3) is 0.462. The number of carbonyl (C=O) groups is 1. The summed E-state index contributed by atoms with van der Waals surface area (Å²) < 4.78 is 27.7. The van der Waals surface area contributed by atoms with Gasteiger partial charge in [0.2, 0.25) is 5.82 Å². The number of nitro benzene ring substituents is 1. The number of piperidine rings is 1. The average Bonchev–Trinajstić information content (AvgIpc) is 2.46. The monoisotopic (exact) mass is 300 g/mol. The summed E-state index contributed by atoms with van der Waals surface area (Å²) in [5, 5.41) is 19.7. The molecule has 1 aliphatic rings. The lowest BCUT2D eigenvalue weighted by molar-refractivity contribution is -0.387. The van der Waals surface area contributed by atoms with Crippen LogP contribution in [0.25, 0.3) is 0 Å². The van der Waals surface area contributed by atoms with E-state index < -0.39 is 33.7 Å². The maximum atomic E-state index is 14.0. The second-order valence-corrected chi connectivity index (χ2v) is 4.93. The summed E-state index contributed by atoms with van der Waals surface area (Å²) in [7, 11) is 0. The highest BCUT2D eigenvalue weighted by Crippen LogP contribution is 2.26. The number of aliphatic hydroxyl groups is 1. The van der Waals surface area contributed by atoms with Crippen LogP contribution in [0.5, 0.6) is 0 Å². The Morgan fingerprint density at radius 2 is 2.00 bits per heavy atom. The highest BCUT2D eigenvalue weighted by atomic mass is 19.1. The molecule has 1 saturated heterocycles. The molecule has 0 bridgehead atoms. The van der Waals surface area contributed by atoms with E-state index in [1.54, 1.807) is 0 Å². The van der Waals surface area contributed by atoms with Crippen molar-refractivity contribution in [3.8, 4) is 0 Å². The highest BCUT2D eigenvalue weighted by molar-refractivity contribution is 5.95. The Balaban J connectivity index is 2.27. The van der Waals surface area contributed by atoms with Gasteiger partial charge in [-0.15, -0.1) is 0 Å². The summed E-state index contributed by atoms with van der Waals surface area (Å²) in [6.07, 6.45) is 1.06. The van der Waals surface area contributed by atoms with Gasteiger partial charge in [0.15, 0.2) is 0 Å². The molecule has 0 aliphatic carbocycles. The maximum absolute atomic E-state index is 14.0. The molecule has 1 N–H and O–H groups in total. The minimum absolute atomic E-state index is 0.00155. The normalized spacial score (nSPS) is 16.0. The van der Waals surface area contributed by atoms with E-state index in [1.807, 2.05) is 0 Å². The van der Waals surface area contributed by atoms with E-state index in [2.05, 4.69) is 0 Å². The number of carbonyl (C=O) groups excluding carboxylic acids is 1. The number of aliphatic hydroxyl groups excluding tert-OH is 1. The van der Waals surface area contributed by atoms with Gasteiger partial charge in [0, 0.05) is 25.8 Å². The number of nitrogens with zero attached hydrogens (tertiary/aromatic N) is 2. The smallest absolute Gasteiger partial charge is 0.305 e. The summed E-state index contributed by atoms with van der Waals surface area (Å²) in [5.41, 5.74) is -1.82. The summed E-state index contributed by atoms with van der Waals surface area (Å²) in [5.74, 6) is -3.40. The number of benzene rings is 1. The molecule has 0 aromatic heterocycles. The number of nitro groups is 1. The molecule has 2 rings (SSSR count). The SMILES string of the molecule is O=C(c1c(F)ccc([N+](=O)[O-])c1F)N1CCC(CO)CC1. The van der Waals surface area contributed by atoms with E-state index in [1.165, 1.54) is 4.90 Å². The van der Waals surface area contributed by atoms with Gasteiger partial charge in [0.1, 0.15) is 11.4 Å². The van der Waals surface area contributed by atoms with E-state index in [0.717, 1.165) is 6.07 Å². The first-order chi connectivity index (χ1) is 9.95. The van der Waals surface area contributed by atoms with Crippen LogP contribution in [0.2, 0.25) is 0 Å². The minimum Gasteiger partial charge on any atom is -0.396 e. The van der Waals surface area contributed by atoms with Gasteiger partial charge >= 0.3 is 5.69 Å². The van der Waals surface area contributed by atoms with Crippen LogP contribution in [0.1, 0.15) is 23.2 Å². The molecule has 1 fully saturated rings. The molecule has 1 aromatic carbocycles. The number of hydrogen-bond donors (Lipinski definition) is 1. The van der Waals surface area contributed by atoms with Gasteiger partial charge in [-0.3, -0.25) is 14.9 Å². The first kappa shape index (κ1) is 15.3. The lowest BCUT2D eigenvalue weighted by Crippen LogP contribution is -2.40. The summed E-state index contributed by atoms with van der Waals surface area (Å²) in [4.78, 5) is 23.1. The number of halogens is 2. The zero-order valence-electron chi connectivity index (χ0n) is 11.1. The Morgan fingerprint density at radius 3 is 2.52 bits per heavy atom. The molecular formula is C13H14F2N2O4. The predicted octanol–water partition coefficient (Wildman–Crippen LogP) is 1.72. The van der Waals surface area contributed by atoms with Gasteiger partial charge in [-0.25, -0.2) is 4.39 Å². The number of amides is 1. The Hall–Kier alpha value is -2.09. The third kappa shape index (κ3) is 2.99. The first-order valence-electron chi connectivity index (χ1n) is 6.48. The van der Waals surface area contributed by atoms with Crippen LogP contribution < -0.4 is 0 Å². The highest BCUT2D eigenvalue weighted by Gasteiger charge is 2.31. The zero-order chi connectivity index (χ0) is 15.6. The Bertz CT molecular complexity index is 572. The van der Waals surface area contributed by atoms with E-state index in [-0.39, 0.29) is 25.6 Å². The standard InChI is InChI=1S/C13H14F2N2O4/c14-9-1-2-10(17(20)21)12(15)11(9)13(19)16-5-3-8(7-18)4-6-16/h1-2,8,18H,3-7H2. The number of rotatable bonds is 3. The molecule has 1 heterocycles. The van der Waals surface area contributed by atoms with Gasteiger partial charge in [0.25, 0.3) is 5.91 Å². The quantitative estimate of drug-likeness (QED) is 0.680. The molecule has 6 nitrogen and oxygen atoms in total. The van der Waals surface area contributed by atoms with Crippen LogP contribution in [-0.2, 0) is 0 Å². The minimum atomic E-state index is -1.45. The van der Waals surface area contributed by atoms with Crippen LogP contribution in [0, 0.1) is 27.7 Å². The molecule has 114 valence electrons. The van der Waals surface area contributed by atoms with E-state index in [0.29, 0.717) is 18.9 Å². The number of likely N-dealkylation sites (tertiary alicyclic amines) is 1. The summed E-state index contributed by atoms with van der Waals surface area (Å²) in [6.45, 7) is 0.513. The topological polar surface area (TPSA) is 83.7 Å². The fourth-order valence-electron chi connectivity index (χ4n) is 2.36. The molecule has 21 heavy (non-hydrogen) atoms. The third-order valence-electron chi connectivity index (χ3n) is 3.64. The van der Waals surface area contributed by atoms with Crippen molar-refractivity contribution >= 4 is 11.6 Å². The van der Waals surface area contributed by atoms with Crippen LogP contribution in [0.4, 0.5) is 14.5 Å². The molecule has 0 atom stereocenters. The van der Waals surface area contributed by atoms with E-state index in [4.69, 9.17) is 5.11 Å². The molecule has 1 aliphatic heterocycles. The van der Waals surface area contributed by atoms with Crippen molar-refractivity contribution in [2.75, 3.05) is 19.7 Å². The molecule has 8 heteroatoms. The van der Waals surface area contributed by atoms with Gasteiger partial charge in [0.05, 0.1) is 4.92 Å². The van der Waals surface area contributed by atoms with Crippen molar-refractivity contribution in [1.82, 2.24) is 4.90 Å². The first-order valence-corrected chi connectivity index (χ1v) is 6.48. The van der Waals surface area contributed by atoms with Gasteiger partial charge in [-0.2, -0.15) is 4.39 Å². The van der Waals surface area contributed by atoms with E-state index >= 15 is 0 Å². The Labute approximate surface area is 119 Å². The molecule has 1 aromatic rings. The van der Waals surface area contributed by atoms with Gasteiger partial charge in [-0.05, 0) is 24.8 Å². The fourth-order valence-corrected chi connectivity index (χ4v) is 2.36. The van der Waals surface area contributed by atoms with Crippen molar-refractivity contribution in [3.63, 3.8) is 0 Å². The van der Waals surface area contributed by atoms with Crippen LogP contribution in [0.3, 0.4) is 0 Å². The van der Waals surface area contributed by atoms with Crippen LogP contribution in [0.15, 0.2) is 12.1 Å². The van der Waals surface area contributed by atoms with Crippen molar-refractivity contribution in [1.29, 1.82) is 0 Å². The third-order valence-corrected chi connectivity index (χ3v) is 3.64. The zero-order valence-corrected chi connectivity index (χ0v) is 11.1. The largest absolute Gasteiger partial charge is 0.396 e. The second kappa shape index (κ2) is 6.13. The molecule has 0 saturated carbocycles. The summed E-state index contributed by atoms with van der Waals surface area (Å²) in [6, 6.07) is 1.41. The maximum Gasteiger partial charge on any atom is 0.305 e. The molecule has 0 unspecified atom stereocenters.